The second kappa shape index (κ2) is 11.0. The van der Waals surface area contributed by atoms with Crippen molar-refractivity contribution in [2.75, 3.05) is 20.3 Å². The number of hydrogen-bond donors (Lipinski definition) is 1. The number of nitrogens with zero attached hydrogens (tertiary/aromatic N) is 2. The number of hydrogen-bond acceptors (Lipinski definition) is 4. The predicted octanol–water partition coefficient (Wildman–Crippen LogP) is 5.83. The second-order valence-electron chi connectivity index (χ2n) is 8.21. The molecule has 1 aliphatic rings. The van der Waals surface area contributed by atoms with Crippen LogP contribution in [0.1, 0.15) is 28.4 Å². The number of fused-ring (bicyclic) bond motifs is 3. The van der Waals surface area contributed by atoms with Crippen molar-refractivity contribution in [3.8, 4) is 17.6 Å². The number of aromatic nitrogens is 1. The molecule has 0 spiro atoms. The number of amides is 1. The maximum Gasteiger partial charge on any atom is 0.210 e. The number of ether oxygens (including phenoxy) is 2. The van der Waals surface area contributed by atoms with E-state index in [1.165, 1.54) is 16.5 Å². The Labute approximate surface area is 209 Å². The van der Waals surface area contributed by atoms with Crippen LogP contribution in [-0.4, -0.2) is 36.6 Å². The molecule has 35 heavy (non-hydrogen) atoms. The highest BCUT2D eigenvalue weighted by molar-refractivity contribution is 6.32. The number of methoxy groups -OCH3 is 1. The molecule has 0 aliphatic carbocycles. The van der Waals surface area contributed by atoms with E-state index in [1.54, 1.807) is 13.2 Å². The van der Waals surface area contributed by atoms with Gasteiger partial charge in [-0.2, -0.15) is 5.26 Å². The Hall–Kier alpha value is -3.95. The van der Waals surface area contributed by atoms with Gasteiger partial charge in [-0.05, 0) is 60.9 Å². The number of nitrogens with one attached hydrogen (secondary N) is 1. The lowest BCUT2D eigenvalue weighted by atomic mass is 9.92. The lowest BCUT2D eigenvalue weighted by molar-refractivity contribution is -0.120. The number of aromatic amines is 1. The summed E-state index contributed by atoms with van der Waals surface area (Å²) in [6.45, 7) is 2.81. The molecule has 1 amide bonds. The van der Waals surface area contributed by atoms with Gasteiger partial charge in [0.05, 0.1) is 18.2 Å². The molecule has 1 unspecified atom stereocenters. The van der Waals surface area contributed by atoms with Gasteiger partial charge < -0.3 is 19.4 Å². The average molecular weight is 488 g/mol. The van der Waals surface area contributed by atoms with Gasteiger partial charge in [-0.15, -0.1) is 0 Å². The molecule has 3 aromatic carbocycles. The Kier molecular flexibility index (Phi) is 7.59. The van der Waals surface area contributed by atoms with E-state index in [1.807, 2.05) is 53.4 Å². The Morgan fingerprint density at radius 2 is 1.94 bits per heavy atom. The summed E-state index contributed by atoms with van der Waals surface area (Å²) in [5, 5.41) is 10.5. The third-order valence-electron chi connectivity index (χ3n) is 6.01. The van der Waals surface area contributed by atoms with Gasteiger partial charge in [0.25, 0.3) is 0 Å². The van der Waals surface area contributed by atoms with Gasteiger partial charge in [-0.3, -0.25) is 4.79 Å². The predicted molar refractivity (Wildman–Crippen MR) is 137 cm³/mol. The van der Waals surface area contributed by atoms with Crippen LogP contribution < -0.4 is 9.47 Å². The molecular weight excluding hydrogens is 462 g/mol. The molecule has 4 aromatic rings. The van der Waals surface area contributed by atoms with Crippen molar-refractivity contribution in [3.63, 3.8) is 0 Å². The van der Waals surface area contributed by atoms with Crippen molar-refractivity contribution >= 4 is 28.9 Å². The summed E-state index contributed by atoms with van der Waals surface area (Å²) in [6.07, 6.45) is 1.77. The first-order chi connectivity index (χ1) is 17.0. The Balaban J connectivity index is 0.000000271. The molecule has 1 aromatic heterocycles. The van der Waals surface area contributed by atoms with Gasteiger partial charge in [0.15, 0.2) is 6.61 Å². The molecule has 0 saturated carbocycles. The van der Waals surface area contributed by atoms with E-state index >= 15 is 0 Å². The minimum absolute atomic E-state index is 0.0226. The number of benzene rings is 3. The fraction of sp³-hybridized carbons (Fsp3) is 0.214. The van der Waals surface area contributed by atoms with E-state index in [-0.39, 0.29) is 12.6 Å². The monoisotopic (exact) mass is 487 g/mol. The maximum absolute atomic E-state index is 11.7. The van der Waals surface area contributed by atoms with Gasteiger partial charge in [0.2, 0.25) is 6.41 Å². The maximum atomic E-state index is 11.7. The van der Waals surface area contributed by atoms with Crippen LogP contribution in [0, 0.1) is 18.3 Å². The summed E-state index contributed by atoms with van der Waals surface area (Å²) in [4.78, 5) is 17.0. The molecule has 7 heteroatoms. The number of rotatable bonds is 5. The van der Waals surface area contributed by atoms with E-state index in [2.05, 4.69) is 30.1 Å². The fourth-order valence-electron chi connectivity index (χ4n) is 4.36. The number of aryl methyl sites for hydroxylation is 1. The number of para-hydroxylation sites is 1. The number of halogens is 1. The smallest absolute Gasteiger partial charge is 0.210 e. The van der Waals surface area contributed by atoms with Crippen LogP contribution in [0.3, 0.4) is 0 Å². The topological polar surface area (TPSA) is 78.3 Å². The van der Waals surface area contributed by atoms with Crippen molar-refractivity contribution in [3.05, 3.63) is 94.1 Å². The third kappa shape index (κ3) is 5.26. The Morgan fingerprint density at radius 3 is 2.60 bits per heavy atom. The fourth-order valence-corrected chi connectivity index (χ4v) is 4.58. The second-order valence-corrected chi connectivity index (χ2v) is 8.62. The molecule has 0 bridgehead atoms. The molecule has 0 fully saturated rings. The van der Waals surface area contributed by atoms with Crippen LogP contribution in [0.4, 0.5) is 0 Å². The largest absolute Gasteiger partial charge is 0.495 e. The molecule has 1 atom stereocenters. The lowest BCUT2D eigenvalue weighted by Crippen LogP contribution is -2.34. The minimum atomic E-state index is -0.144. The van der Waals surface area contributed by atoms with Crippen LogP contribution in [0.2, 0.25) is 5.02 Å². The molecule has 5 rings (SSSR count). The average Bonchev–Trinajstić information content (AvgIpc) is 3.25. The number of carbonyl (C=O) groups is 1. The van der Waals surface area contributed by atoms with Gasteiger partial charge >= 0.3 is 0 Å². The minimum Gasteiger partial charge on any atom is -0.495 e. The van der Waals surface area contributed by atoms with Crippen LogP contribution >= 0.6 is 11.6 Å². The zero-order chi connectivity index (χ0) is 24.8. The van der Waals surface area contributed by atoms with Crippen LogP contribution in [0.25, 0.3) is 10.9 Å². The zero-order valence-corrected chi connectivity index (χ0v) is 20.4. The number of nitriles is 1. The van der Waals surface area contributed by atoms with E-state index in [4.69, 9.17) is 26.3 Å². The van der Waals surface area contributed by atoms with E-state index < -0.39 is 0 Å². The highest BCUT2D eigenvalue weighted by atomic mass is 35.5. The Bertz CT molecular complexity index is 1360. The summed E-state index contributed by atoms with van der Waals surface area (Å²) in [5.74, 6) is 1.37. The first-order valence-corrected chi connectivity index (χ1v) is 11.6. The first kappa shape index (κ1) is 24.2. The van der Waals surface area contributed by atoms with Crippen LogP contribution in [0.5, 0.6) is 11.5 Å². The van der Waals surface area contributed by atoms with Crippen molar-refractivity contribution < 1.29 is 14.3 Å². The molecule has 178 valence electrons. The SMILES string of the molecule is COc1ccccc1Cl.Cc1ccc2[nH]c3c(c2c1)CCN(C=O)C3c1ccc(OCC#N)cc1. The highest BCUT2D eigenvalue weighted by Gasteiger charge is 2.30. The van der Waals surface area contributed by atoms with Crippen LogP contribution in [-0.2, 0) is 11.2 Å². The summed E-state index contributed by atoms with van der Waals surface area (Å²) in [5.41, 5.74) is 5.72. The quantitative estimate of drug-likeness (QED) is 0.359. The van der Waals surface area contributed by atoms with Crippen LogP contribution in [0.15, 0.2) is 66.7 Å². The van der Waals surface area contributed by atoms with Gasteiger partial charge in [-0.25, -0.2) is 0 Å². The molecule has 1 N–H and O–H groups in total. The van der Waals surface area contributed by atoms with Crippen molar-refractivity contribution in [1.29, 1.82) is 5.26 Å². The molecular formula is C28H26ClN3O3. The zero-order valence-electron chi connectivity index (χ0n) is 19.6. The molecule has 0 saturated heterocycles. The summed E-state index contributed by atoms with van der Waals surface area (Å²) < 4.78 is 10.2. The Morgan fingerprint density at radius 1 is 1.17 bits per heavy atom. The summed E-state index contributed by atoms with van der Waals surface area (Å²) >= 11 is 5.70. The van der Waals surface area contributed by atoms with Gasteiger partial charge in [-0.1, -0.05) is 47.5 Å². The normalized spacial score (nSPS) is 14.3. The summed E-state index contributed by atoms with van der Waals surface area (Å²) in [6, 6.07) is 23.2. The van der Waals surface area contributed by atoms with E-state index in [0.717, 1.165) is 35.4 Å². The summed E-state index contributed by atoms with van der Waals surface area (Å²) in [7, 11) is 1.60. The third-order valence-corrected chi connectivity index (χ3v) is 6.32. The highest BCUT2D eigenvalue weighted by Crippen LogP contribution is 2.38. The standard InChI is InChI=1S/C21H19N3O2.C7H7ClO/c1-14-2-7-19-18(12-14)17-8-10-24(13-25)21(20(17)23-19)15-3-5-16(6-4-15)26-11-9-22;1-9-7-5-3-2-4-6(7)8/h2-7,12-13,21,23H,8,10-11H2,1H3;2-5H,1H3. The lowest BCUT2D eigenvalue weighted by Gasteiger charge is -2.33. The molecule has 0 radical (unpaired) electrons. The van der Waals surface area contributed by atoms with E-state index in [0.29, 0.717) is 17.3 Å². The van der Waals surface area contributed by atoms with Gasteiger partial charge in [0, 0.05) is 23.1 Å². The molecule has 1 aliphatic heterocycles. The van der Waals surface area contributed by atoms with E-state index in [9.17, 15) is 4.79 Å². The number of carbonyl (C=O) groups excluding carboxylic acids is 1. The number of H-pyrrole nitrogens is 1. The van der Waals surface area contributed by atoms with Crippen molar-refractivity contribution in [2.24, 2.45) is 0 Å². The van der Waals surface area contributed by atoms with Crippen molar-refractivity contribution in [2.45, 2.75) is 19.4 Å². The van der Waals surface area contributed by atoms with Gasteiger partial charge in [0.1, 0.15) is 17.6 Å². The van der Waals surface area contributed by atoms with Crippen molar-refractivity contribution in [1.82, 2.24) is 9.88 Å². The molecule has 2 heterocycles. The molecule has 6 nitrogen and oxygen atoms in total. The first-order valence-electron chi connectivity index (χ1n) is 11.3.